The number of esters is 1. The minimum absolute atomic E-state index is 0.332. The maximum atomic E-state index is 11.4. The Hall–Kier alpha value is -0.610. The van der Waals surface area contributed by atoms with E-state index in [0.29, 0.717) is 12.6 Å². The van der Waals surface area contributed by atoms with Crippen LogP contribution < -0.4 is 0 Å². The monoisotopic (exact) mass is 243 g/mol. The van der Waals surface area contributed by atoms with Gasteiger partial charge in [0.15, 0.2) is 5.60 Å². The van der Waals surface area contributed by atoms with E-state index in [-0.39, 0.29) is 0 Å². The first-order chi connectivity index (χ1) is 7.86. The van der Waals surface area contributed by atoms with Crippen molar-refractivity contribution in [3.05, 3.63) is 0 Å². The lowest BCUT2D eigenvalue weighted by atomic mass is 9.86. The van der Waals surface area contributed by atoms with Gasteiger partial charge in [-0.1, -0.05) is 6.92 Å². The molecule has 1 N–H and O–H groups in total. The molecule has 1 atom stereocenters. The quantitative estimate of drug-likeness (QED) is 0.759. The largest absolute Gasteiger partial charge is 0.467 e. The average Bonchev–Trinajstić information content (AvgIpc) is 2.28. The van der Waals surface area contributed by atoms with Crippen molar-refractivity contribution in [2.75, 3.05) is 20.7 Å². The van der Waals surface area contributed by atoms with Gasteiger partial charge in [0, 0.05) is 12.6 Å². The first-order valence-electron chi connectivity index (χ1n) is 6.38. The summed E-state index contributed by atoms with van der Waals surface area (Å²) >= 11 is 0. The van der Waals surface area contributed by atoms with E-state index in [9.17, 15) is 9.90 Å². The number of aliphatic hydroxyl groups is 1. The van der Waals surface area contributed by atoms with Crippen LogP contribution in [0.1, 0.15) is 39.5 Å². The third-order valence-electron chi connectivity index (χ3n) is 3.79. The van der Waals surface area contributed by atoms with Crippen LogP contribution in [-0.4, -0.2) is 48.3 Å². The summed E-state index contributed by atoms with van der Waals surface area (Å²) in [7, 11) is 3.27. The van der Waals surface area contributed by atoms with Gasteiger partial charge in [0.25, 0.3) is 0 Å². The zero-order valence-corrected chi connectivity index (χ0v) is 11.4. The van der Waals surface area contributed by atoms with E-state index in [4.69, 9.17) is 0 Å². The predicted molar refractivity (Wildman–Crippen MR) is 66.7 cm³/mol. The highest BCUT2D eigenvalue weighted by Crippen LogP contribution is 2.27. The van der Waals surface area contributed by atoms with Gasteiger partial charge < -0.3 is 9.84 Å². The molecule has 1 unspecified atom stereocenters. The topological polar surface area (TPSA) is 49.8 Å². The summed E-state index contributed by atoms with van der Waals surface area (Å²) in [5.41, 5.74) is -1.41. The third kappa shape index (κ3) is 3.96. The van der Waals surface area contributed by atoms with Crippen molar-refractivity contribution in [1.82, 2.24) is 4.90 Å². The number of carbonyl (C=O) groups excluding carboxylic acids is 1. The number of carbonyl (C=O) groups is 1. The molecule has 1 saturated carbocycles. The highest BCUT2D eigenvalue weighted by molar-refractivity contribution is 5.78. The summed E-state index contributed by atoms with van der Waals surface area (Å²) in [6.45, 7) is 4.13. The van der Waals surface area contributed by atoms with Crippen LogP contribution in [-0.2, 0) is 9.53 Å². The summed E-state index contributed by atoms with van der Waals surface area (Å²) in [6.07, 6.45) is 4.76. The molecule has 0 aromatic heterocycles. The fraction of sp³-hybridized carbons (Fsp3) is 0.923. The number of hydrogen-bond acceptors (Lipinski definition) is 4. The smallest absolute Gasteiger partial charge is 0.338 e. The molecule has 0 bridgehead atoms. The van der Waals surface area contributed by atoms with E-state index < -0.39 is 11.6 Å². The molecule has 0 aromatic rings. The van der Waals surface area contributed by atoms with Crippen LogP contribution in [0.25, 0.3) is 0 Å². The second-order valence-electron chi connectivity index (χ2n) is 5.59. The number of likely N-dealkylation sites (N-methyl/N-ethyl adjacent to an activating group) is 1. The molecule has 4 nitrogen and oxygen atoms in total. The summed E-state index contributed by atoms with van der Waals surface area (Å²) in [4.78, 5) is 13.5. The van der Waals surface area contributed by atoms with Crippen LogP contribution in [0.15, 0.2) is 0 Å². The van der Waals surface area contributed by atoms with Crippen LogP contribution in [0.4, 0.5) is 0 Å². The molecule has 1 aliphatic carbocycles. The van der Waals surface area contributed by atoms with Gasteiger partial charge in [0.05, 0.1) is 7.11 Å². The Labute approximate surface area is 104 Å². The van der Waals surface area contributed by atoms with Crippen molar-refractivity contribution >= 4 is 5.97 Å². The van der Waals surface area contributed by atoms with E-state index in [1.807, 2.05) is 7.05 Å². The first kappa shape index (κ1) is 14.5. The Balaban J connectivity index is 2.48. The second-order valence-corrected chi connectivity index (χ2v) is 5.59. The molecule has 0 spiro atoms. The second kappa shape index (κ2) is 5.83. The fourth-order valence-electron chi connectivity index (χ4n) is 2.58. The maximum absolute atomic E-state index is 11.4. The summed E-state index contributed by atoms with van der Waals surface area (Å²) < 4.78 is 4.60. The molecule has 0 heterocycles. The lowest BCUT2D eigenvalue weighted by Gasteiger charge is -2.36. The lowest BCUT2D eigenvalue weighted by molar-refractivity contribution is -0.162. The molecule has 0 aliphatic heterocycles. The molecule has 0 saturated heterocycles. The summed E-state index contributed by atoms with van der Waals surface area (Å²) in [6, 6.07) is 0.474. The number of ether oxygens (including phenoxy) is 1. The molecule has 1 fully saturated rings. The van der Waals surface area contributed by atoms with Gasteiger partial charge in [-0.15, -0.1) is 0 Å². The zero-order valence-electron chi connectivity index (χ0n) is 11.4. The fourth-order valence-corrected chi connectivity index (χ4v) is 2.58. The number of rotatable bonds is 4. The maximum Gasteiger partial charge on any atom is 0.338 e. The van der Waals surface area contributed by atoms with Crippen molar-refractivity contribution in [2.24, 2.45) is 5.92 Å². The van der Waals surface area contributed by atoms with Gasteiger partial charge in [0.2, 0.25) is 0 Å². The molecule has 100 valence electrons. The minimum atomic E-state index is -1.41. The molecule has 0 aromatic carbocycles. The van der Waals surface area contributed by atoms with E-state index in [0.717, 1.165) is 18.8 Å². The molecule has 1 aliphatic rings. The normalized spacial score (nSPS) is 28.8. The van der Waals surface area contributed by atoms with Gasteiger partial charge in [0.1, 0.15) is 0 Å². The van der Waals surface area contributed by atoms with Crippen molar-refractivity contribution < 1.29 is 14.6 Å². The first-order valence-corrected chi connectivity index (χ1v) is 6.38. The van der Waals surface area contributed by atoms with Crippen LogP contribution in [0.2, 0.25) is 0 Å². The Morgan fingerprint density at radius 2 is 1.94 bits per heavy atom. The molecular formula is C13H25NO3. The average molecular weight is 243 g/mol. The van der Waals surface area contributed by atoms with E-state index >= 15 is 0 Å². The van der Waals surface area contributed by atoms with Crippen molar-refractivity contribution in [1.29, 1.82) is 0 Å². The Kier molecular flexibility index (Phi) is 4.95. The van der Waals surface area contributed by atoms with Gasteiger partial charge in [-0.3, -0.25) is 4.90 Å². The summed E-state index contributed by atoms with van der Waals surface area (Å²) in [5.74, 6) is 0.245. The summed E-state index contributed by atoms with van der Waals surface area (Å²) in [5, 5.41) is 10.0. The minimum Gasteiger partial charge on any atom is -0.467 e. The number of methoxy groups -OCH3 is 1. The zero-order chi connectivity index (χ0) is 13.1. The van der Waals surface area contributed by atoms with Crippen LogP contribution in [0.3, 0.4) is 0 Å². The molecule has 4 heteroatoms. The van der Waals surface area contributed by atoms with E-state index in [2.05, 4.69) is 16.6 Å². The third-order valence-corrected chi connectivity index (χ3v) is 3.79. The van der Waals surface area contributed by atoms with Gasteiger partial charge in [-0.05, 0) is 45.6 Å². The van der Waals surface area contributed by atoms with Crippen molar-refractivity contribution in [3.63, 3.8) is 0 Å². The number of nitrogens with zero attached hydrogens (tertiary/aromatic N) is 1. The predicted octanol–water partition coefficient (Wildman–Crippen LogP) is 1.42. The van der Waals surface area contributed by atoms with Gasteiger partial charge in [-0.25, -0.2) is 4.79 Å². The Morgan fingerprint density at radius 3 is 2.41 bits per heavy atom. The Bertz CT molecular complexity index is 257. The highest BCUT2D eigenvalue weighted by atomic mass is 16.5. The highest BCUT2D eigenvalue weighted by Gasteiger charge is 2.35. The standard InChI is InChI=1S/C13H25NO3/c1-10-5-7-11(8-6-10)14(3)9-13(2,16)12(15)17-4/h10-11,16H,5-9H2,1-4H3. The van der Waals surface area contributed by atoms with Crippen LogP contribution >= 0.6 is 0 Å². The SMILES string of the molecule is COC(=O)C(C)(O)CN(C)C1CCC(C)CC1. The Morgan fingerprint density at radius 1 is 1.41 bits per heavy atom. The molecule has 1 rings (SSSR count). The van der Waals surface area contributed by atoms with E-state index in [1.54, 1.807) is 0 Å². The lowest BCUT2D eigenvalue weighted by Crippen LogP contribution is -2.49. The van der Waals surface area contributed by atoms with Crippen LogP contribution in [0, 0.1) is 5.92 Å². The molecular weight excluding hydrogens is 218 g/mol. The number of hydrogen-bond donors (Lipinski definition) is 1. The van der Waals surface area contributed by atoms with Crippen molar-refractivity contribution in [3.8, 4) is 0 Å². The van der Waals surface area contributed by atoms with Gasteiger partial charge in [-0.2, -0.15) is 0 Å². The molecule has 0 amide bonds. The van der Waals surface area contributed by atoms with E-state index in [1.165, 1.54) is 26.9 Å². The molecule has 0 radical (unpaired) electrons. The molecule has 17 heavy (non-hydrogen) atoms. The van der Waals surface area contributed by atoms with Crippen molar-refractivity contribution in [2.45, 2.75) is 51.2 Å². The van der Waals surface area contributed by atoms with Gasteiger partial charge >= 0.3 is 5.97 Å². The van der Waals surface area contributed by atoms with Crippen LogP contribution in [0.5, 0.6) is 0 Å².